The van der Waals surface area contributed by atoms with Crippen LogP contribution in [-0.4, -0.2) is 46.9 Å². The first-order valence-electron chi connectivity index (χ1n) is 2.00. The van der Waals surface area contributed by atoms with Crippen molar-refractivity contribution in [3.05, 3.63) is 0 Å². The average molecular weight is 111 g/mol. The van der Waals surface area contributed by atoms with Gasteiger partial charge < -0.3 is 0 Å². The topological polar surface area (TPSA) is 0 Å². The van der Waals surface area contributed by atoms with Gasteiger partial charge in [-0.3, -0.25) is 0 Å². The van der Waals surface area contributed by atoms with Crippen molar-refractivity contribution in [2.24, 2.45) is 0 Å². The minimum atomic E-state index is 0. The van der Waals surface area contributed by atoms with Crippen molar-refractivity contribution in [2.45, 2.75) is 27.7 Å². The van der Waals surface area contributed by atoms with Gasteiger partial charge in [0, 0.05) is 17.4 Å². The molecule has 0 aliphatic heterocycles. The molecule has 0 amide bonds. The van der Waals surface area contributed by atoms with E-state index in [1.54, 1.807) is 0 Å². The van der Waals surface area contributed by atoms with Crippen LogP contribution in [0.2, 0.25) is 0 Å². The molecule has 0 saturated heterocycles. The number of hydrogen-bond donors (Lipinski definition) is 0. The third-order valence-corrected chi connectivity index (χ3v) is 0. The Bertz CT molecular complexity index is 7.51. The summed E-state index contributed by atoms with van der Waals surface area (Å²) >= 11 is 0. The maximum absolute atomic E-state index is 2.00. The molecule has 0 aliphatic rings. The molecule has 0 bridgehead atoms. The van der Waals surface area contributed by atoms with Crippen molar-refractivity contribution in [3.8, 4) is 0 Å². The Labute approximate surface area is 74.1 Å². The van der Waals surface area contributed by atoms with Crippen LogP contribution in [0.25, 0.3) is 0 Å². The standard InChI is InChI=1S/2C2H6.Al.Na.H/c2*1-2;;;/h2*1-2H3;;;. The van der Waals surface area contributed by atoms with Crippen LogP contribution in [-0.2, 0) is 0 Å². The van der Waals surface area contributed by atoms with Gasteiger partial charge in [-0.25, -0.2) is 0 Å². The van der Waals surface area contributed by atoms with Gasteiger partial charge in [-0.2, -0.15) is 0 Å². The summed E-state index contributed by atoms with van der Waals surface area (Å²) in [6, 6.07) is 0. The first-order valence-corrected chi connectivity index (χ1v) is 2.00. The van der Waals surface area contributed by atoms with Crippen molar-refractivity contribution in [3.63, 3.8) is 0 Å². The van der Waals surface area contributed by atoms with E-state index >= 15 is 0 Å². The van der Waals surface area contributed by atoms with E-state index in [1.807, 2.05) is 27.7 Å². The predicted octanol–water partition coefficient (Wildman–Crippen LogP) is 1.02. The van der Waals surface area contributed by atoms with Crippen molar-refractivity contribution >= 4 is 46.9 Å². The van der Waals surface area contributed by atoms with Crippen LogP contribution in [0, 0.1) is 0 Å². The van der Waals surface area contributed by atoms with Gasteiger partial charge in [-0.15, -0.1) is 0 Å². The molecule has 0 unspecified atom stereocenters. The molecule has 3 radical (unpaired) electrons. The van der Waals surface area contributed by atoms with E-state index in [0.717, 1.165) is 0 Å². The van der Waals surface area contributed by atoms with Crippen molar-refractivity contribution in [1.29, 1.82) is 0 Å². The molecule has 33 valence electrons. The second kappa shape index (κ2) is 85.1. The van der Waals surface area contributed by atoms with Crippen LogP contribution in [0.5, 0.6) is 0 Å². The quantitative estimate of drug-likeness (QED) is 0.409. The molecule has 0 aromatic carbocycles. The Morgan fingerprint density at radius 3 is 0.667 bits per heavy atom. The minimum absolute atomic E-state index is 0. The predicted molar refractivity (Wildman–Crippen MR) is 35.6 cm³/mol. The zero-order valence-electron chi connectivity index (χ0n) is 4.58. The molecule has 0 aromatic rings. The molecule has 0 saturated carbocycles. The van der Waals surface area contributed by atoms with Crippen molar-refractivity contribution in [1.82, 2.24) is 0 Å². The molecule has 0 rings (SSSR count). The molecule has 6 heavy (non-hydrogen) atoms. The fourth-order valence-corrected chi connectivity index (χ4v) is 0. The summed E-state index contributed by atoms with van der Waals surface area (Å²) in [5, 5.41) is 0. The molecule has 0 aliphatic carbocycles. The third kappa shape index (κ3) is 48.4. The molecule has 0 spiro atoms. The molecular formula is C4H13AlNa. The second-order valence-corrected chi connectivity index (χ2v) is 0. The van der Waals surface area contributed by atoms with Crippen LogP contribution in [0.4, 0.5) is 0 Å². The van der Waals surface area contributed by atoms with E-state index in [4.69, 9.17) is 0 Å². The van der Waals surface area contributed by atoms with Gasteiger partial charge in [0.25, 0.3) is 0 Å². The van der Waals surface area contributed by atoms with E-state index in [0.29, 0.717) is 0 Å². The van der Waals surface area contributed by atoms with Gasteiger partial charge in [0.05, 0.1) is 0 Å². The zero-order valence-corrected chi connectivity index (χ0v) is 5.73. The molecular weight excluding hydrogens is 98.0 g/mol. The summed E-state index contributed by atoms with van der Waals surface area (Å²) in [5.41, 5.74) is 0. The summed E-state index contributed by atoms with van der Waals surface area (Å²) in [6.07, 6.45) is 0. The van der Waals surface area contributed by atoms with Crippen molar-refractivity contribution < 1.29 is 0 Å². The first-order chi connectivity index (χ1) is 2.00. The maximum atomic E-state index is 2.00. The summed E-state index contributed by atoms with van der Waals surface area (Å²) in [7, 11) is 0. The number of rotatable bonds is 0. The van der Waals surface area contributed by atoms with E-state index in [9.17, 15) is 0 Å². The van der Waals surface area contributed by atoms with Gasteiger partial charge in [0.2, 0.25) is 0 Å². The Morgan fingerprint density at radius 1 is 0.667 bits per heavy atom. The molecule has 0 heterocycles. The number of hydrogen-bond acceptors (Lipinski definition) is 0. The van der Waals surface area contributed by atoms with E-state index in [2.05, 4.69) is 0 Å². The van der Waals surface area contributed by atoms with Crippen LogP contribution in [0.15, 0.2) is 0 Å². The molecule has 0 nitrogen and oxygen atoms in total. The molecule has 2 heteroatoms. The Hall–Kier alpha value is 1.53. The summed E-state index contributed by atoms with van der Waals surface area (Å²) < 4.78 is 0. The normalized spacial score (nSPS) is 2.00. The molecule has 0 fully saturated rings. The fourth-order valence-electron chi connectivity index (χ4n) is 0. The van der Waals surface area contributed by atoms with Crippen LogP contribution < -0.4 is 0 Å². The third-order valence-electron chi connectivity index (χ3n) is 0. The monoisotopic (exact) mass is 111 g/mol. The second-order valence-electron chi connectivity index (χ2n) is 0. The Balaban J connectivity index is -0.00000000500. The van der Waals surface area contributed by atoms with Crippen molar-refractivity contribution in [2.75, 3.05) is 0 Å². The zero-order chi connectivity index (χ0) is 4.00. The van der Waals surface area contributed by atoms with E-state index in [1.165, 1.54) is 0 Å². The van der Waals surface area contributed by atoms with Crippen LogP contribution in [0.1, 0.15) is 27.7 Å². The van der Waals surface area contributed by atoms with E-state index in [-0.39, 0.29) is 46.9 Å². The van der Waals surface area contributed by atoms with Gasteiger partial charge in [0.15, 0.2) is 0 Å². The summed E-state index contributed by atoms with van der Waals surface area (Å²) in [6.45, 7) is 8.00. The van der Waals surface area contributed by atoms with Crippen LogP contribution in [0.3, 0.4) is 0 Å². The molecule has 0 atom stereocenters. The average Bonchev–Trinajstić information content (AvgIpc) is 1.50. The summed E-state index contributed by atoms with van der Waals surface area (Å²) in [4.78, 5) is 0. The first kappa shape index (κ1) is 25.8. The Morgan fingerprint density at radius 2 is 0.667 bits per heavy atom. The SMILES string of the molecule is CC.CC.[Al].[NaH]. The van der Waals surface area contributed by atoms with Gasteiger partial charge >= 0.3 is 29.6 Å². The van der Waals surface area contributed by atoms with Gasteiger partial charge in [-0.1, -0.05) is 27.7 Å². The van der Waals surface area contributed by atoms with Crippen LogP contribution >= 0.6 is 0 Å². The van der Waals surface area contributed by atoms with Gasteiger partial charge in [-0.05, 0) is 0 Å². The summed E-state index contributed by atoms with van der Waals surface area (Å²) in [5.74, 6) is 0. The fraction of sp³-hybridized carbons (Fsp3) is 1.00. The molecule has 0 aromatic heterocycles. The van der Waals surface area contributed by atoms with Gasteiger partial charge in [0.1, 0.15) is 0 Å². The Kier molecular flexibility index (Phi) is 366. The van der Waals surface area contributed by atoms with E-state index < -0.39 is 0 Å². The molecule has 0 N–H and O–H groups in total.